The van der Waals surface area contributed by atoms with E-state index >= 15 is 0 Å². The van der Waals surface area contributed by atoms with Gasteiger partial charge in [0.05, 0.1) is 12.7 Å². The molecule has 3 N–H and O–H groups in total. The van der Waals surface area contributed by atoms with E-state index in [1.807, 2.05) is 44.2 Å². The first kappa shape index (κ1) is 20.1. The minimum atomic E-state index is -0.200. The summed E-state index contributed by atoms with van der Waals surface area (Å²) >= 11 is 0. The summed E-state index contributed by atoms with van der Waals surface area (Å²) in [4.78, 5) is 25.0. The number of benzene rings is 1. The average molecular weight is 392 g/mol. The zero-order valence-corrected chi connectivity index (χ0v) is 16.7. The summed E-state index contributed by atoms with van der Waals surface area (Å²) in [5.41, 5.74) is 3.47. The van der Waals surface area contributed by atoms with Gasteiger partial charge in [0.15, 0.2) is 0 Å². The van der Waals surface area contributed by atoms with Crippen LogP contribution in [0.1, 0.15) is 21.6 Å². The number of aryl methyl sites for hydroxylation is 2. The third kappa shape index (κ3) is 5.90. The van der Waals surface area contributed by atoms with Gasteiger partial charge in [0.25, 0.3) is 5.91 Å². The molecule has 0 aliphatic carbocycles. The van der Waals surface area contributed by atoms with Gasteiger partial charge < -0.3 is 20.7 Å². The quantitative estimate of drug-likeness (QED) is 0.506. The van der Waals surface area contributed by atoms with Crippen LogP contribution in [-0.4, -0.2) is 41.1 Å². The molecule has 0 unspecified atom stereocenters. The number of nitrogens with one attached hydrogen (secondary N) is 3. The summed E-state index contributed by atoms with van der Waals surface area (Å²) in [6.07, 6.45) is 1.48. The lowest BCUT2D eigenvalue weighted by Crippen LogP contribution is -2.29. The number of hydrogen-bond donors (Lipinski definition) is 3. The van der Waals surface area contributed by atoms with Crippen LogP contribution in [0.4, 0.5) is 17.5 Å². The van der Waals surface area contributed by atoms with Crippen LogP contribution < -0.4 is 20.7 Å². The summed E-state index contributed by atoms with van der Waals surface area (Å²) in [7, 11) is 1.53. The van der Waals surface area contributed by atoms with Crippen LogP contribution >= 0.6 is 0 Å². The summed E-state index contributed by atoms with van der Waals surface area (Å²) in [6, 6.07) is 13.3. The Balaban J connectivity index is 1.51. The normalized spacial score (nSPS) is 10.3. The van der Waals surface area contributed by atoms with E-state index in [9.17, 15) is 4.79 Å². The van der Waals surface area contributed by atoms with Gasteiger partial charge >= 0.3 is 0 Å². The maximum absolute atomic E-state index is 12.1. The molecular weight excluding hydrogens is 368 g/mol. The number of rotatable bonds is 8. The van der Waals surface area contributed by atoms with Gasteiger partial charge in [-0.1, -0.05) is 17.7 Å². The molecule has 1 amide bonds. The molecule has 150 valence electrons. The zero-order valence-electron chi connectivity index (χ0n) is 16.7. The monoisotopic (exact) mass is 392 g/mol. The van der Waals surface area contributed by atoms with E-state index in [4.69, 9.17) is 4.74 Å². The molecule has 3 aromatic rings. The first-order valence-electron chi connectivity index (χ1n) is 9.25. The number of amides is 1. The second-order valence-electron chi connectivity index (χ2n) is 6.48. The fraction of sp³-hybridized carbons (Fsp3) is 0.238. The number of hydrogen-bond acceptors (Lipinski definition) is 7. The van der Waals surface area contributed by atoms with Gasteiger partial charge in [-0.2, -0.15) is 4.98 Å². The van der Waals surface area contributed by atoms with Crippen LogP contribution in [0.2, 0.25) is 0 Å². The van der Waals surface area contributed by atoms with Gasteiger partial charge in [-0.3, -0.25) is 4.79 Å². The molecule has 0 atom stereocenters. The van der Waals surface area contributed by atoms with Crippen LogP contribution in [0.15, 0.2) is 48.7 Å². The van der Waals surface area contributed by atoms with Crippen molar-refractivity contribution in [3.8, 4) is 5.88 Å². The second-order valence-corrected chi connectivity index (χ2v) is 6.48. The highest BCUT2D eigenvalue weighted by atomic mass is 16.5. The van der Waals surface area contributed by atoms with Crippen LogP contribution in [0.25, 0.3) is 0 Å². The van der Waals surface area contributed by atoms with Gasteiger partial charge in [0, 0.05) is 42.8 Å². The van der Waals surface area contributed by atoms with Crippen LogP contribution in [-0.2, 0) is 0 Å². The van der Waals surface area contributed by atoms with E-state index < -0.39 is 0 Å². The number of carbonyl (C=O) groups is 1. The Kier molecular flexibility index (Phi) is 6.57. The molecule has 0 saturated heterocycles. The highest BCUT2D eigenvalue weighted by molar-refractivity contribution is 5.93. The Labute approximate surface area is 169 Å². The van der Waals surface area contributed by atoms with E-state index in [0.717, 1.165) is 11.4 Å². The molecule has 2 heterocycles. The Hall–Kier alpha value is -3.68. The lowest BCUT2D eigenvalue weighted by atomic mass is 10.2. The number of carbonyl (C=O) groups excluding carboxylic acids is 1. The zero-order chi connectivity index (χ0) is 20.6. The number of aromatic nitrogens is 3. The molecule has 0 aliphatic heterocycles. The van der Waals surface area contributed by atoms with Crippen molar-refractivity contribution in [3.63, 3.8) is 0 Å². The van der Waals surface area contributed by atoms with Gasteiger partial charge in [-0.25, -0.2) is 9.97 Å². The Morgan fingerprint density at radius 2 is 1.83 bits per heavy atom. The van der Waals surface area contributed by atoms with Crippen molar-refractivity contribution >= 4 is 23.4 Å². The van der Waals surface area contributed by atoms with E-state index in [-0.39, 0.29) is 5.91 Å². The summed E-state index contributed by atoms with van der Waals surface area (Å²) in [5.74, 6) is 1.47. The van der Waals surface area contributed by atoms with Crippen molar-refractivity contribution in [2.75, 3.05) is 30.8 Å². The largest absolute Gasteiger partial charge is 0.481 e. The molecule has 8 nitrogen and oxygen atoms in total. The Bertz CT molecular complexity index is 958. The number of methoxy groups -OCH3 is 1. The van der Waals surface area contributed by atoms with Crippen molar-refractivity contribution in [3.05, 3.63) is 65.5 Å². The minimum absolute atomic E-state index is 0.200. The van der Waals surface area contributed by atoms with E-state index in [1.54, 1.807) is 12.1 Å². The predicted molar refractivity (Wildman–Crippen MR) is 113 cm³/mol. The number of ether oxygens (including phenoxy) is 1. The van der Waals surface area contributed by atoms with Crippen molar-refractivity contribution < 1.29 is 9.53 Å². The second kappa shape index (κ2) is 9.50. The highest BCUT2D eigenvalue weighted by Crippen LogP contribution is 2.17. The smallest absolute Gasteiger partial charge is 0.252 e. The van der Waals surface area contributed by atoms with E-state index in [1.165, 1.54) is 18.9 Å². The van der Waals surface area contributed by atoms with Crippen molar-refractivity contribution in [1.82, 2.24) is 20.3 Å². The Morgan fingerprint density at radius 3 is 2.52 bits per heavy atom. The molecule has 0 saturated carbocycles. The van der Waals surface area contributed by atoms with Gasteiger partial charge in [-0.05, 0) is 32.0 Å². The van der Waals surface area contributed by atoms with Crippen LogP contribution in [0.5, 0.6) is 5.88 Å². The third-order valence-electron chi connectivity index (χ3n) is 4.08. The fourth-order valence-corrected chi connectivity index (χ4v) is 2.58. The predicted octanol–water partition coefficient (Wildman–Crippen LogP) is 3.08. The van der Waals surface area contributed by atoms with E-state index in [2.05, 4.69) is 30.9 Å². The molecule has 3 rings (SSSR count). The molecule has 1 aromatic carbocycles. The highest BCUT2D eigenvalue weighted by Gasteiger charge is 2.06. The molecule has 8 heteroatoms. The molecule has 0 bridgehead atoms. The standard InChI is InChI=1S/C21H24N6O2/c1-14-4-7-17(8-5-14)26-18-12-15(2)25-21(27-18)23-11-10-22-20(28)16-6-9-19(29-3)24-13-16/h4-9,12-13H,10-11H2,1-3H3,(H,22,28)(H2,23,25,26,27). The maximum Gasteiger partial charge on any atom is 0.252 e. The summed E-state index contributed by atoms with van der Waals surface area (Å²) < 4.78 is 4.99. The van der Waals surface area contributed by atoms with Gasteiger partial charge in [0.1, 0.15) is 5.82 Å². The third-order valence-corrected chi connectivity index (χ3v) is 4.08. The molecule has 0 radical (unpaired) electrons. The first-order valence-corrected chi connectivity index (χ1v) is 9.25. The number of pyridine rings is 1. The first-order chi connectivity index (χ1) is 14.0. The topological polar surface area (TPSA) is 101 Å². The fourth-order valence-electron chi connectivity index (χ4n) is 2.58. The molecule has 2 aromatic heterocycles. The summed E-state index contributed by atoms with van der Waals surface area (Å²) in [6.45, 7) is 4.86. The maximum atomic E-state index is 12.1. The van der Waals surface area contributed by atoms with Crippen molar-refractivity contribution in [1.29, 1.82) is 0 Å². The summed E-state index contributed by atoms with van der Waals surface area (Å²) in [5, 5.41) is 9.23. The van der Waals surface area contributed by atoms with Crippen molar-refractivity contribution in [2.24, 2.45) is 0 Å². The number of nitrogens with zero attached hydrogens (tertiary/aromatic N) is 3. The van der Waals surface area contributed by atoms with Crippen LogP contribution in [0.3, 0.4) is 0 Å². The average Bonchev–Trinajstić information content (AvgIpc) is 2.72. The Morgan fingerprint density at radius 1 is 1.03 bits per heavy atom. The van der Waals surface area contributed by atoms with Gasteiger partial charge in [0.2, 0.25) is 11.8 Å². The lowest BCUT2D eigenvalue weighted by molar-refractivity contribution is 0.0954. The lowest BCUT2D eigenvalue weighted by Gasteiger charge is -2.11. The van der Waals surface area contributed by atoms with Crippen LogP contribution in [0, 0.1) is 13.8 Å². The van der Waals surface area contributed by atoms with Crippen molar-refractivity contribution in [2.45, 2.75) is 13.8 Å². The SMILES string of the molecule is COc1ccc(C(=O)NCCNc2nc(C)cc(Nc3ccc(C)cc3)n2)cn1. The molecular formula is C21H24N6O2. The molecule has 0 spiro atoms. The molecule has 0 fully saturated rings. The molecule has 29 heavy (non-hydrogen) atoms. The number of anilines is 3. The molecule has 0 aliphatic rings. The van der Waals surface area contributed by atoms with Gasteiger partial charge in [-0.15, -0.1) is 0 Å². The van der Waals surface area contributed by atoms with E-state index in [0.29, 0.717) is 36.3 Å². The minimum Gasteiger partial charge on any atom is -0.481 e.